The maximum Gasteiger partial charge on any atom is 0.259 e. The van der Waals surface area contributed by atoms with E-state index in [1.165, 1.54) is 7.05 Å². The molecule has 13 heavy (non-hydrogen) atoms. The number of alkyl halides is 2. The fraction of sp³-hybridized carbons (Fsp3) is 0.333. The van der Waals surface area contributed by atoms with Gasteiger partial charge in [-0.3, -0.25) is 0 Å². The molecule has 70 valence electrons. The molecule has 0 aliphatic rings. The minimum absolute atomic E-state index is 0.705. The van der Waals surface area contributed by atoms with E-state index in [0.29, 0.717) is 5.33 Å². The van der Waals surface area contributed by atoms with Gasteiger partial charge < -0.3 is 0 Å². The Hall–Kier alpha value is -0.220. The highest BCUT2D eigenvalue weighted by Crippen LogP contribution is 2.25. The number of nitrogens with zero attached hydrogens (tertiary/aromatic N) is 1. The quantitative estimate of drug-likeness (QED) is 0.618. The Labute approximate surface area is 94.2 Å². The third-order valence-electron chi connectivity index (χ3n) is 1.87. The van der Waals surface area contributed by atoms with Crippen LogP contribution in [0.3, 0.4) is 0 Å². The standard InChI is InChI=1S/C9H10Br2NO/c1-12(13)9-4-2-3-7(5-10)8(9)6-11/h2-4H,5-6H2,1H3/q+1. The maximum atomic E-state index is 11.2. The van der Waals surface area contributed by atoms with Crippen LogP contribution in [-0.4, -0.2) is 11.8 Å². The van der Waals surface area contributed by atoms with Crippen LogP contribution >= 0.6 is 31.9 Å². The summed E-state index contributed by atoms with van der Waals surface area (Å²) in [6, 6.07) is 5.74. The molecule has 0 radical (unpaired) electrons. The third-order valence-corrected chi connectivity index (χ3v) is 3.03. The Morgan fingerprint density at radius 1 is 1.31 bits per heavy atom. The summed E-state index contributed by atoms with van der Waals surface area (Å²) >= 11 is 6.77. The Kier molecular flexibility index (Phi) is 4.06. The van der Waals surface area contributed by atoms with Crippen LogP contribution in [0.5, 0.6) is 0 Å². The Morgan fingerprint density at radius 3 is 2.46 bits per heavy atom. The topological polar surface area (TPSA) is 20.1 Å². The normalized spacial score (nSPS) is 10.1. The van der Waals surface area contributed by atoms with Crippen LogP contribution < -0.4 is 0 Å². The molecule has 0 bridgehead atoms. The molecule has 0 heterocycles. The lowest BCUT2D eigenvalue weighted by molar-refractivity contribution is -0.428. The lowest BCUT2D eigenvalue weighted by Gasteiger charge is -2.02. The van der Waals surface area contributed by atoms with Crippen LogP contribution in [0.15, 0.2) is 18.2 Å². The highest BCUT2D eigenvalue weighted by atomic mass is 79.9. The zero-order valence-electron chi connectivity index (χ0n) is 7.26. The van der Waals surface area contributed by atoms with Crippen molar-refractivity contribution < 1.29 is 4.76 Å². The molecule has 0 atom stereocenters. The van der Waals surface area contributed by atoms with Crippen molar-refractivity contribution in [1.82, 2.24) is 0 Å². The third kappa shape index (κ3) is 2.38. The van der Waals surface area contributed by atoms with Crippen molar-refractivity contribution in [3.8, 4) is 0 Å². The Bertz CT molecular complexity index is 325. The number of rotatable bonds is 3. The Balaban J connectivity index is 3.27. The van der Waals surface area contributed by atoms with Gasteiger partial charge in [0.2, 0.25) is 0 Å². The van der Waals surface area contributed by atoms with Crippen molar-refractivity contribution in [2.45, 2.75) is 10.7 Å². The van der Waals surface area contributed by atoms with E-state index in [2.05, 4.69) is 31.9 Å². The van der Waals surface area contributed by atoms with Crippen LogP contribution in [0.1, 0.15) is 11.1 Å². The number of hydrogen-bond donors (Lipinski definition) is 0. The van der Waals surface area contributed by atoms with Crippen molar-refractivity contribution in [3.05, 3.63) is 34.2 Å². The van der Waals surface area contributed by atoms with Crippen LogP contribution in [0.4, 0.5) is 5.69 Å². The average molecular weight is 308 g/mol. The molecule has 1 aromatic carbocycles. The highest BCUT2D eigenvalue weighted by molar-refractivity contribution is 9.09. The van der Waals surface area contributed by atoms with Gasteiger partial charge in [-0.2, -0.15) is 0 Å². The number of nitroso groups, excluding NO2 is 1. The molecule has 0 aliphatic heterocycles. The predicted octanol–water partition coefficient (Wildman–Crippen LogP) is 3.52. The maximum absolute atomic E-state index is 11.2. The summed E-state index contributed by atoms with van der Waals surface area (Å²) in [6.07, 6.45) is 0. The summed E-state index contributed by atoms with van der Waals surface area (Å²) in [7, 11) is 1.51. The van der Waals surface area contributed by atoms with Crippen LogP contribution in [0.25, 0.3) is 0 Å². The number of benzene rings is 1. The zero-order valence-corrected chi connectivity index (χ0v) is 10.4. The monoisotopic (exact) mass is 306 g/mol. The second kappa shape index (κ2) is 4.86. The zero-order chi connectivity index (χ0) is 9.84. The lowest BCUT2D eigenvalue weighted by Crippen LogP contribution is -1.98. The number of halogens is 2. The molecule has 0 amide bonds. The van der Waals surface area contributed by atoms with Gasteiger partial charge in [-0.1, -0.05) is 44.0 Å². The van der Waals surface area contributed by atoms with Crippen molar-refractivity contribution in [2.24, 2.45) is 0 Å². The van der Waals surface area contributed by atoms with Crippen LogP contribution in [0, 0.1) is 4.91 Å². The first-order valence-electron chi connectivity index (χ1n) is 3.84. The molecule has 0 unspecified atom stereocenters. The van der Waals surface area contributed by atoms with Crippen molar-refractivity contribution in [2.75, 3.05) is 7.05 Å². The molecule has 1 aromatic rings. The van der Waals surface area contributed by atoms with Gasteiger partial charge in [0.1, 0.15) is 0 Å². The van der Waals surface area contributed by atoms with Gasteiger partial charge in [0.15, 0.2) is 7.05 Å². The highest BCUT2D eigenvalue weighted by Gasteiger charge is 2.15. The summed E-state index contributed by atoms with van der Waals surface area (Å²) < 4.78 is 0.892. The predicted molar refractivity (Wildman–Crippen MR) is 60.9 cm³/mol. The SMILES string of the molecule is C[N+](=O)c1cccc(CBr)c1CBr. The first-order chi connectivity index (χ1) is 6.20. The first-order valence-corrected chi connectivity index (χ1v) is 6.08. The van der Waals surface area contributed by atoms with Crippen molar-refractivity contribution >= 4 is 37.5 Å². The molecule has 0 saturated carbocycles. The lowest BCUT2D eigenvalue weighted by atomic mass is 10.1. The summed E-state index contributed by atoms with van der Waals surface area (Å²) in [4.78, 5) is 11.2. The summed E-state index contributed by atoms with van der Waals surface area (Å²) in [5.41, 5.74) is 2.93. The molecule has 0 fully saturated rings. The molecule has 0 aliphatic carbocycles. The summed E-state index contributed by atoms with van der Waals surface area (Å²) in [5, 5.41) is 1.48. The average Bonchev–Trinajstić information content (AvgIpc) is 2.16. The number of hydrogen-bond acceptors (Lipinski definition) is 1. The second-order valence-corrected chi connectivity index (χ2v) is 3.80. The largest absolute Gasteiger partial charge is 0.259 e. The van der Waals surface area contributed by atoms with E-state index in [9.17, 15) is 4.91 Å². The van der Waals surface area contributed by atoms with E-state index >= 15 is 0 Å². The van der Waals surface area contributed by atoms with Crippen molar-refractivity contribution in [1.29, 1.82) is 0 Å². The van der Waals surface area contributed by atoms with Crippen molar-refractivity contribution in [3.63, 3.8) is 0 Å². The molecule has 1 rings (SSSR count). The molecule has 4 heteroatoms. The van der Waals surface area contributed by atoms with Gasteiger partial charge in [0.05, 0.1) is 0 Å². The second-order valence-electron chi connectivity index (χ2n) is 2.68. The molecule has 0 N–H and O–H groups in total. The van der Waals surface area contributed by atoms with E-state index in [-0.39, 0.29) is 0 Å². The first kappa shape index (κ1) is 10.9. The molecular weight excluding hydrogens is 298 g/mol. The smallest absolute Gasteiger partial charge is 0.0876 e. The van der Waals surface area contributed by atoms with Gasteiger partial charge in [-0.05, 0) is 5.56 Å². The molecule has 0 aromatic heterocycles. The molecule has 0 saturated heterocycles. The minimum Gasteiger partial charge on any atom is -0.0876 e. The molecular formula is C9H10Br2NO+. The van der Waals surface area contributed by atoms with E-state index in [4.69, 9.17) is 0 Å². The van der Waals surface area contributed by atoms with E-state index in [0.717, 1.165) is 26.9 Å². The summed E-state index contributed by atoms with van der Waals surface area (Å²) in [5.74, 6) is 0. The van der Waals surface area contributed by atoms with Gasteiger partial charge >= 0.3 is 0 Å². The fourth-order valence-corrected chi connectivity index (χ4v) is 2.37. The summed E-state index contributed by atoms with van der Waals surface area (Å²) in [6.45, 7) is 0. The molecule has 2 nitrogen and oxygen atoms in total. The van der Waals surface area contributed by atoms with E-state index < -0.39 is 0 Å². The van der Waals surface area contributed by atoms with Crippen LogP contribution in [0.2, 0.25) is 0 Å². The van der Waals surface area contributed by atoms with Gasteiger partial charge in [0.25, 0.3) is 5.69 Å². The van der Waals surface area contributed by atoms with Gasteiger partial charge in [-0.15, -0.1) is 0 Å². The Morgan fingerprint density at radius 2 is 2.00 bits per heavy atom. The fourth-order valence-electron chi connectivity index (χ4n) is 1.20. The molecule has 0 spiro atoms. The van der Waals surface area contributed by atoms with Gasteiger partial charge in [0, 0.05) is 32.0 Å². The van der Waals surface area contributed by atoms with Crippen LogP contribution in [-0.2, 0) is 10.7 Å². The minimum atomic E-state index is 0.705. The van der Waals surface area contributed by atoms with E-state index in [1.807, 2.05) is 18.2 Å². The van der Waals surface area contributed by atoms with Gasteiger partial charge in [-0.25, -0.2) is 0 Å². The van der Waals surface area contributed by atoms with E-state index in [1.54, 1.807) is 0 Å².